The van der Waals surface area contributed by atoms with Crippen LogP contribution in [0.2, 0.25) is 0 Å². The van der Waals surface area contributed by atoms with Crippen molar-refractivity contribution in [2.75, 3.05) is 38.2 Å². The number of halogens is 3. The van der Waals surface area contributed by atoms with Gasteiger partial charge in [-0.05, 0) is 31.5 Å². The lowest BCUT2D eigenvalue weighted by atomic mass is 10.1. The monoisotopic (exact) mass is 529 g/mol. The fraction of sp³-hybridized carbons (Fsp3) is 0.360. The molecule has 1 saturated heterocycles. The number of anilines is 2. The summed E-state index contributed by atoms with van der Waals surface area (Å²) in [6.45, 7) is 4.49. The number of pyridine rings is 2. The second kappa shape index (κ2) is 10.8. The number of ether oxygens (including phenoxy) is 3. The number of hydrogen-bond donors (Lipinski definition) is 2. The van der Waals surface area contributed by atoms with E-state index < -0.39 is 12.8 Å². The maximum Gasteiger partial charge on any atom is 0.422 e. The van der Waals surface area contributed by atoms with Crippen LogP contribution in [0.15, 0.2) is 42.7 Å². The average Bonchev–Trinajstić information content (AvgIpc) is 3.27. The molecule has 0 unspecified atom stereocenters. The van der Waals surface area contributed by atoms with E-state index in [0.29, 0.717) is 47.5 Å². The fourth-order valence-corrected chi connectivity index (χ4v) is 4.04. The quantitative estimate of drug-likeness (QED) is 0.352. The van der Waals surface area contributed by atoms with Gasteiger partial charge in [-0.2, -0.15) is 18.3 Å². The molecule has 1 atom stereocenters. The molecule has 13 heteroatoms. The lowest BCUT2D eigenvalue weighted by Crippen LogP contribution is -2.41. The molecule has 0 aliphatic carbocycles. The third-order valence-corrected chi connectivity index (χ3v) is 5.65. The summed E-state index contributed by atoms with van der Waals surface area (Å²) in [4.78, 5) is 12.7. The van der Waals surface area contributed by atoms with Crippen molar-refractivity contribution in [3.05, 3.63) is 54.2 Å². The lowest BCUT2D eigenvalue weighted by Gasteiger charge is -2.24. The summed E-state index contributed by atoms with van der Waals surface area (Å²) in [6.07, 6.45) is -1.52. The molecule has 4 aromatic heterocycles. The van der Waals surface area contributed by atoms with E-state index in [1.807, 2.05) is 32.0 Å². The molecule has 38 heavy (non-hydrogen) atoms. The number of alkyl halides is 3. The molecule has 1 aliphatic heterocycles. The van der Waals surface area contributed by atoms with Crippen LogP contribution in [0, 0.1) is 13.8 Å². The molecule has 2 N–H and O–H groups in total. The molecule has 0 bridgehead atoms. The molecule has 1 fully saturated rings. The fourth-order valence-electron chi connectivity index (χ4n) is 4.04. The Hall–Kier alpha value is -3.97. The minimum Gasteiger partial charge on any atom is -0.489 e. The average molecular weight is 530 g/mol. The van der Waals surface area contributed by atoms with Crippen LogP contribution < -0.4 is 20.1 Å². The van der Waals surface area contributed by atoms with Gasteiger partial charge >= 0.3 is 6.18 Å². The van der Waals surface area contributed by atoms with Crippen LogP contribution in [0.25, 0.3) is 16.6 Å². The third-order valence-electron chi connectivity index (χ3n) is 5.65. The van der Waals surface area contributed by atoms with E-state index in [1.54, 1.807) is 16.8 Å². The Morgan fingerprint density at radius 3 is 2.76 bits per heavy atom. The highest BCUT2D eigenvalue weighted by Crippen LogP contribution is 2.34. The summed E-state index contributed by atoms with van der Waals surface area (Å²) in [7, 11) is 0. The second-order valence-corrected chi connectivity index (χ2v) is 8.81. The van der Waals surface area contributed by atoms with Gasteiger partial charge in [0.05, 0.1) is 18.3 Å². The lowest BCUT2D eigenvalue weighted by molar-refractivity contribution is -0.154. The highest BCUT2D eigenvalue weighted by molar-refractivity contribution is 5.75. The van der Waals surface area contributed by atoms with Crippen LogP contribution in [-0.2, 0) is 4.74 Å². The maximum atomic E-state index is 12.7. The largest absolute Gasteiger partial charge is 0.489 e. The Labute approximate surface area is 216 Å². The van der Waals surface area contributed by atoms with Crippen LogP contribution in [0.4, 0.5) is 24.8 Å². The Balaban J connectivity index is 1.43. The van der Waals surface area contributed by atoms with Crippen LogP contribution in [0.3, 0.4) is 0 Å². The van der Waals surface area contributed by atoms with E-state index >= 15 is 0 Å². The normalized spacial score (nSPS) is 16.0. The maximum absolute atomic E-state index is 12.7. The van der Waals surface area contributed by atoms with Crippen molar-refractivity contribution in [2.24, 2.45) is 0 Å². The van der Waals surface area contributed by atoms with Crippen molar-refractivity contribution in [1.82, 2.24) is 29.9 Å². The molecule has 0 radical (unpaired) electrons. The molecule has 0 aromatic carbocycles. The summed E-state index contributed by atoms with van der Waals surface area (Å²) in [5.74, 6) is 2.07. The summed E-state index contributed by atoms with van der Waals surface area (Å²) in [6, 6.07) is 8.73. The van der Waals surface area contributed by atoms with Gasteiger partial charge in [0.1, 0.15) is 30.1 Å². The first-order valence-corrected chi connectivity index (χ1v) is 12.0. The van der Waals surface area contributed by atoms with Gasteiger partial charge < -0.3 is 24.8 Å². The predicted octanol–water partition coefficient (Wildman–Crippen LogP) is 3.86. The number of rotatable bonds is 8. The first kappa shape index (κ1) is 25.7. The van der Waals surface area contributed by atoms with E-state index in [4.69, 9.17) is 14.2 Å². The topological polar surface area (TPSA) is 108 Å². The Kier molecular flexibility index (Phi) is 7.29. The molecule has 0 spiro atoms. The van der Waals surface area contributed by atoms with E-state index in [1.165, 1.54) is 12.3 Å². The zero-order chi connectivity index (χ0) is 26.7. The number of aryl methyl sites for hydroxylation is 2. The highest BCUT2D eigenvalue weighted by atomic mass is 19.4. The van der Waals surface area contributed by atoms with Crippen molar-refractivity contribution < 1.29 is 27.4 Å². The van der Waals surface area contributed by atoms with Crippen LogP contribution >= 0.6 is 0 Å². The Bertz CT molecular complexity index is 1400. The molecular weight excluding hydrogens is 503 g/mol. The smallest absolute Gasteiger partial charge is 0.422 e. The zero-order valence-electron chi connectivity index (χ0n) is 20.7. The molecule has 4 aromatic rings. The second-order valence-electron chi connectivity index (χ2n) is 8.81. The van der Waals surface area contributed by atoms with E-state index in [-0.39, 0.29) is 18.6 Å². The number of fused-ring (bicyclic) bond motifs is 1. The van der Waals surface area contributed by atoms with Gasteiger partial charge in [-0.3, -0.25) is 0 Å². The van der Waals surface area contributed by atoms with Crippen LogP contribution in [0.5, 0.6) is 11.6 Å². The van der Waals surface area contributed by atoms with Crippen molar-refractivity contribution in [1.29, 1.82) is 0 Å². The van der Waals surface area contributed by atoms with Crippen LogP contribution in [-0.4, -0.2) is 69.8 Å². The van der Waals surface area contributed by atoms with Gasteiger partial charge in [-0.15, -0.1) is 0 Å². The summed E-state index contributed by atoms with van der Waals surface area (Å²) in [5, 5.41) is 10.9. The van der Waals surface area contributed by atoms with E-state index in [0.717, 1.165) is 17.8 Å². The molecule has 5 heterocycles. The molecule has 200 valence electrons. The van der Waals surface area contributed by atoms with Crippen LogP contribution in [0.1, 0.15) is 11.5 Å². The number of aromatic nitrogens is 5. The van der Waals surface area contributed by atoms with Gasteiger partial charge in [0.2, 0.25) is 5.88 Å². The Morgan fingerprint density at radius 1 is 1.13 bits per heavy atom. The molecule has 0 amide bonds. The molecular formula is C25H26F3N7O3. The Morgan fingerprint density at radius 2 is 2.00 bits per heavy atom. The van der Waals surface area contributed by atoms with E-state index in [2.05, 4.69) is 30.7 Å². The van der Waals surface area contributed by atoms with Gasteiger partial charge in [-0.1, -0.05) is 0 Å². The first-order valence-electron chi connectivity index (χ1n) is 12.0. The van der Waals surface area contributed by atoms with Crippen molar-refractivity contribution in [2.45, 2.75) is 26.1 Å². The molecule has 5 rings (SSSR count). The molecule has 1 aliphatic rings. The van der Waals surface area contributed by atoms with Crippen molar-refractivity contribution >= 4 is 17.2 Å². The molecule has 0 saturated carbocycles. The summed E-state index contributed by atoms with van der Waals surface area (Å²) < 4.78 is 56.4. The molecule has 10 nitrogen and oxygen atoms in total. The number of nitrogens with zero attached hydrogens (tertiary/aromatic N) is 5. The number of morpholine rings is 1. The predicted molar refractivity (Wildman–Crippen MR) is 133 cm³/mol. The van der Waals surface area contributed by atoms with Crippen molar-refractivity contribution in [3.8, 4) is 22.8 Å². The standard InChI is InChI=1S/C25H26F3N7O3/c1-15-7-22(32-16(2)31-15)33-23-9-18-8-17(3-5-35(18)34-23)20-10-24(38-14-25(26,27)28)30-12-21(20)37-13-19-11-29-4-6-36-19/h3,5,7-10,12,19,29H,4,6,11,13-14H2,1-2H3,(H,31,32,33,34)/t19-/m0/s1. The van der Waals surface area contributed by atoms with Gasteiger partial charge in [0.15, 0.2) is 12.4 Å². The number of hydrogen-bond acceptors (Lipinski definition) is 9. The van der Waals surface area contributed by atoms with Gasteiger partial charge in [0, 0.05) is 48.7 Å². The SMILES string of the molecule is Cc1cc(Nc2cc3cc(-c4cc(OCC(F)(F)F)ncc4OC[C@@H]4CNCCO4)ccn3n2)nc(C)n1. The van der Waals surface area contributed by atoms with Gasteiger partial charge in [0.25, 0.3) is 0 Å². The summed E-state index contributed by atoms with van der Waals surface area (Å²) in [5.41, 5.74) is 2.79. The van der Waals surface area contributed by atoms with E-state index in [9.17, 15) is 13.2 Å². The summed E-state index contributed by atoms with van der Waals surface area (Å²) >= 11 is 0. The minimum absolute atomic E-state index is 0.155. The number of nitrogens with one attached hydrogen (secondary N) is 2. The zero-order valence-corrected chi connectivity index (χ0v) is 20.7. The van der Waals surface area contributed by atoms with Crippen molar-refractivity contribution in [3.63, 3.8) is 0 Å². The third kappa shape index (κ3) is 6.47. The highest BCUT2D eigenvalue weighted by Gasteiger charge is 2.29. The minimum atomic E-state index is -4.48. The first-order chi connectivity index (χ1) is 18.2. The van der Waals surface area contributed by atoms with Gasteiger partial charge in [-0.25, -0.2) is 19.5 Å².